The van der Waals surface area contributed by atoms with Crippen LogP contribution in [-0.2, 0) is 25.7 Å². The summed E-state index contributed by atoms with van der Waals surface area (Å²) in [4.78, 5) is 44.5. The molecular weight excluding hydrogens is 348 g/mol. The van der Waals surface area contributed by atoms with Gasteiger partial charge >= 0.3 is 18.0 Å². The number of carboxylic acids is 2. The fourth-order valence-corrected chi connectivity index (χ4v) is 1.89. The lowest BCUT2D eigenvalue weighted by Crippen LogP contribution is -2.44. The summed E-state index contributed by atoms with van der Waals surface area (Å²) in [5, 5.41) is 31.3. The molecule has 0 bridgehead atoms. The van der Waals surface area contributed by atoms with Crippen LogP contribution in [0.25, 0.3) is 0 Å². The lowest BCUT2D eigenvalue weighted by Gasteiger charge is -2.15. The van der Waals surface area contributed by atoms with Crippen LogP contribution < -0.4 is 10.6 Å². The Bertz CT molecular complexity index is 634. The van der Waals surface area contributed by atoms with Gasteiger partial charge in [0.05, 0.1) is 18.9 Å². The Morgan fingerprint density at radius 2 is 1.69 bits per heavy atom. The first-order chi connectivity index (χ1) is 12.3. The van der Waals surface area contributed by atoms with Crippen molar-refractivity contribution in [1.29, 1.82) is 0 Å². The van der Waals surface area contributed by atoms with Crippen molar-refractivity contribution in [2.24, 2.45) is 0 Å². The molecule has 1 aromatic carbocycles. The van der Waals surface area contributed by atoms with Gasteiger partial charge in [-0.05, 0) is 5.56 Å². The molecule has 0 radical (unpaired) electrons. The molecule has 0 aliphatic heterocycles. The van der Waals surface area contributed by atoms with E-state index in [1.54, 1.807) is 24.3 Å². The molecule has 1 rings (SSSR count). The summed E-state index contributed by atoms with van der Waals surface area (Å²) in [6.07, 6.45) is -3.38. The molecule has 0 aromatic heterocycles. The van der Waals surface area contributed by atoms with E-state index in [1.165, 1.54) is 0 Å². The van der Waals surface area contributed by atoms with Crippen molar-refractivity contribution in [3.8, 4) is 0 Å². The molecule has 0 saturated carbocycles. The minimum Gasteiger partial charge on any atom is -0.481 e. The normalized spacial score (nSPS) is 12.5. The van der Waals surface area contributed by atoms with Gasteiger partial charge in [0.25, 0.3) is 0 Å². The number of rotatable bonds is 10. The van der Waals surface area contributed by atoms with Crippen LogP contribution in [0.4, 0.5) is 4.79 Å². The second-order valence-electron chi connectivity index (χ2n) is 5.36. The van der Waals surface area contributed by atoms with E-state index >= 15 is 0 Å². The van der Waals surface area contributed by atoms with Gasteiger partial charge in [0.1, 0.15) is 12.6 Å². The highest BCUT2D eigenvalue weighted by atomic mass is 16.5. The second-order valence-corrected chi connectivity index (χ2v) is 5.36. The Kier molecular flexibility index (Phi) is 8.58. The molecule has 0 unspecified atom stereocenters. The van der Waals surface area contributed by atoms with E-state index in [2.05, 4.69) is 5.32 Å². The molecule has 5 N–H and O–H groups in total. The van der Waals surface area contributed by atoms with Crippen LogP contribution in [0.2, 0.25) is 0 Å². The van der Waals surface area contributed by atoms with E-state index in [4.69, 9.17) is 14.9 Å². The van der Waals surface area contributed by atoms with Crippen LogP contribution in [0, 0.1) is 0 Å². The summed E-state index contributed by atoms with van der Waals surface area (Å²) in [5.74, 6) is -3.75. The Hall–Kier alpha value is -3.14. The monoisotopic (exact) mass is 368 g/mol. The van der Waals surface area contributed by atoms with Crippen molar-refractivity contribution in [3.63, 3.8) is 0 Å². The van der Waals surface area contributed by atoms with Crippen molar-refractivity contribution in [2.45, 2.75) is 31.6 Å². The third-order valence-electron chi connectivity index (χ3n) is 3.13. The molecule has 1 aromatic rings. The maximum Gasteiger partial charge on any atom is 0.407 e. The maximum absolute atomic E-state index is 11.6. The summed E-state index contributed by atoms with van der Waals surface area (Å²) in [6, 6.07) is 7.32. The number of carbonyl (C=O) groups excluding carboxylic acids is 2. The molecule has 142 valence electrons. The number of amides is 2. The van der Waals surface area contributed by atoms with E-state index in [1.807, 2.05) is 11.4 Å². The first-order valence-corrected chi connectivity index (χ1v) is 7.64. The van der Waals surface area contributed by atoms with Crippen LogP contribution in [0.15, 0.2) is 30.3 Å². The van der Waals surface area contributed by atoms with Crippen LogP contribution in [0.5, 0.6) is 0 Å². The van der Waals surface area contributed by atoms with E-state index in [0.717, 1.165) is 5.56 Å². The highest BCUT2D eigenvalue weighted by Gasteiger charge is 2.24. The van der Waals surface area contributed by atoms with Gasteiger partial charge in [0.2, 0.25) is 5.91 Å². The Labute approximate surface area is 148 Å². The zero-order valence-corrected chi connectivity index (χ0v) is 13.8. The molecule has 2 amide bonds. The van der Waals surface area contributed by atoms with Crippen molar-refractivity contribution in [1.82, 2.24) is 10.6 Å². The van der Waals surface area contributed by atoms with Crippen LogP contribution in [-0.4, -0.2) is 57.9 Å². The summed E-state index contributed by atoms with van der Waals surface area (Å²) < 4.78 is 4.92. The molecule has 0 saturated heterocycles. The first-order valence-electron chi connectivity index (χ1n) is 7.64. The van der Waals surface area contributed by atoms with E-state index in [-0.39, 0.29) is 13.2 Å². The van der Waals surface area contributed by atoms with Crippen LogP contribution in [0.3, 0.4) is 0 Å². The highest BCUT2D eigenvalue weighted by molar-refractivity contribution is 5.86. The zero-order valence-electron chi connectivity index (χ0n) is 13.8. The van der Waals surface area contributed by atoms with E-state index in [0.29, 0.717) is 0 Å². The van der Waals surface area contributed by atoms with Gasteiger partial charge in [-0.1, -0.05) is 30.3 Å². The fraction of sp³-hybridized carbons (Fsp3) is 0.375. The average molecular weight is 368 g/mol. The van der Waals surface area contributed by atoms with E-state index in [9.17, 15) is 24.3 Å². The van der Waals surface area contributed by atoms with E-state index < -0.39 is 48.9 Å². The van der Waals surface area contributed by atoms with Gasteiger partial charge in [0.15, 0.2) is 0 Å². The Morgan fingerprint density at radius 1 is 1.04 bits per heavy atom. The van der Waals surface area contributed by atoms with Crippen molar-refractivity contribution < 1.29 is 39.2 Å². The number of carbonyl (C=O) groups is 4. The predicted molar refractivity (Wildman–Crippen MR) is 87.1 cm³/mol. The molecule has 0 heterocycles. The number of hydrogen-bond donors (Lipinski definition) is 5. The molecule has 2 atom stereocenters. The average Bonchev–Trinajstić information content (AvgIpc) is 2.58. The molecule has 0 fully saturated rings. The lowest BCUT2D eigenvalue weighted by atomic mass is 10.2. The van der Waals surface area contributed by atoms with Gasteiger partial charge in [-0.3, -0.25) is 9.59 Å². The SMILES string of the molecule is O=C(O)C[C@@H](NC(=O)C[C@@H](O)CNC(=O)OCc1ccccc1)C(=O)O. The summed E-state index contributed by atoms with van der Waals surface area (Å²) in [5.41, 5.74) is 0.778. The maximum atomic E-state index is 11.6. The molecular formula is C16H20N2O8. The van der Waals surface area contributed by atoms with Crippen molar-refractivity contribution in [2.75, 3.05) is 6.54 Å². The van der Waals surface area contributed by atoms with Gasteiger partial charge in [-0.15, -0.1) is 0 Å². The third-order valence-corrected chi connectivity index (χ3v) is 3.13. The number of aliphatic hydroxyl groups is 1. The van der Waals surface area contributed by atoms with Gasteiger partial charge in [0, 0.05) is 6.54 Å². The van der Waals surface area contributed by atoms with Gasteiger partial charge < -0.3 is 30.7 Å². The number of hydrogen-bond acceptors (Lipinski definition) is 6. The number of aliphatic hydroxyl groups excluding tert-OH is 1. The standard InChI is InChI=1S/C16H20N2O8/c19-11(6-13(20)18-12(15(23)24)7-14(21)22)8-17-16(25)26-9-10-4-2-1-3-5-10/h1-5,11-12,19H,6-9H2,(H,17,25)(H,18,20)(H,21,22)(H,23,24)/t11-,12-/m1/s1. The number of ether oxygens (including phenoxy) is 1. The highest BCUT2D eigenvalue weighted by Crippen LogP contribution is 2.01. The first kappa shape index (κ1) is 20.9. The lowest BCUT2D eigenvalue weighted by molar-refractivity contribution is -0.147. The number of alkyl carbamates (subject to hydrolysis) is 1. The molecule has 0 aliphatic rings. The smallest absolute Gasteiger partial charge is 0.407 e. The van der Waals surface area contributed by atoms with Gasteiger partial charge in [-0.2, -0.15) is 0 Å². The summed E-state index contributed by atoms with van der Waals surface area (Å²) in [7, 11) is 0. The van der Waals surface area contributed by atoms with Crippen LogP contribution in [0.1, 0.15) is 18.4 Å². The minimum atomic E-state index is -1.60. The summed E-state index contributed by atoms with van der Waals surface area (Å²) in [6.45, 7) is -0.254. The molecule has 10 nitrogen and oxygen atoms in total. The van der Waals surface area contributed by atoms with Crippen molar-refractivity contribution in [3.05, 3.63) is 35.9 Å². The molecule has 0 aliphatic carbocycles. The molecule has 26 heavy (non-hydrogen) atoms. The minimum absolute atomic E-state index is 0.0404. The number of aliphatic carboxylic acids is 2. The Balaban J connectivity index is 2.30. The number of nitrogens with one attached hydrogen (secondary N) is 2. The van der Waals surface area contributed by atoms with Crippen LogP contribution >= 0.6 is 0 Å². The fourth-order valence-electron chi connectivity index (χ4n) is 1.89. The second kappa shape index (κ2) is 10.7. The third kappa shape index (κ3) is 8.64. The molecule has 10 heteroatoms. The molecule has 0 spiro atoms. The Morgan fingerprint density at radius 3 is 2.27 bits per heavy atom. The summed E-state index contributed by atoms with van der Waals surface area (Å²) >= 11 is 0. The van der Waals surface area contributed by atoms with Crippen molar-refractivity contribution >= 4 is 23.9 Å². The number of carboxylic acid groups (broad SMARTS) is 2. The quantitative estimate of drug-likeness (QED) is 0.376. The number of benzene rings is 1. The van der Waals surface area contributed by atoms with Gasteiger partial charge in [-0.25, -0.2) is 9.59 Å². The predicted octanol–water partition coefficient (Wildman–Crippen LogP) is -0.292. The topological polar surface area (TPSA) is 162 Å². The zero-order chi connectivity index (χ0) is 19.5. The largest absolute Gasteiger partial charge is 0.481 e.